The van der Waals surface area contributed by atoms with Crippen LogP contribution in [0.3, 0.4) is 0 Å². The van der Waals surface area contributed by atoms with E-state index >= 15 is 0 Å². The molecule has 114 valence electrons. The Morgan fingerprint density at radius 3 is 2.64 bits per heavy atom. The van der Waals surface area contributed by atoms with Crippen molar-refractivity contribution in [3.8, 4) is 5.75 Å². The summed E-state index contributed by atoms with van der Waals surface area (Å²) in [4.78, 5) is 11.1. The molecule has 1 amide bonds. The van der Waals surface area contributed by atoms with Crippen LogP contribution in [-0.4, -0.2) is 18.5 Å². The molecule has 0 saturated carbocycles. The van der Waals surface area contributed by atoms with Crippen LogP contribution in [0.2, 0.25) is 0 Å². The highest BCUT2D eigenvalue weighted by molar-refractivity contribution is 5.87. The molecular formula is C17H17FN2O2. The molecule has 4 nitrogen and oxygen atoms in total. The molecular weight excluding hydrogens is 283 g/mol. The molecule has 1 atom stereocenters. The lowest BCUT2D eigenvalue weighted by atomic mass is 10.1. The second-order valence-electron chi connectivity index (χ2n) is 5.24. The highest BCUT2D eigenvalue weighted by Crippen LogP contribution is 2.15. The Morgan fingerprint density at radius 1 is 1.18 bits per heavy atom. The van der Waals surface area contributed by atoms with Crippen LogP contribution in [0.5, 0.6) is 5.75 Å². The summed E-state index contributed by atoms with van der Waals surface area (Å²) in [6.45, 7) is 1.66. The number of carbonyl (C=O) groups is 1. The molecule has 2 aromatic carbocycles. The number of halogens is 1. The molecule has 0 aromatic heterocycles. The van der Waals surface area contributed by atoms with Gasteiger partial charge in [0.05, 0.1) is 0 Å². The normalized spacial score (nSPS) is 16.8. The summed E-state index contributed by atoms with van der Waals surface area (Å²) in [5, 5.41) is 5.87. The number of rotatable bonds is 6. The molecule has 22 heavy (non-hydrogen) atoms. The number of benzene rings is 2. The third kappa shape index (κ3) is 3.62. The molecule has 0 bridgehead atoms. The Hall–Kier alpha value is -2.40. The van der Waals surface area contributed by atoms with E-state index in [9.17, 15) is 9.18 Å². The van der Waals surface area contributed by atoms with Crippen LogP contribution < -0.4 is 15.4 Å². The van der Waals surface area contributed by atoms with E-state index in [-0.39, 0.29) is 17.8 Å². The van der Waals surface area contributed by atoms with Crippen LogP contribution in [0.15, 0.2) is 48.5 Å². The molecule has 0 aliphatic carbocycles. The minimum Gasteiger partial charge on any atom is -0.489 e. The average Bonchev–Trinajstić information content (AvgIpc) is 2.53. The molecule has 0 unspecified atom stereocenters. The molecule has 1 aliphatic rings. The van der Waals surface area contributed by atoms with Gasteiger partial charge in [-0.2, -0.15) is 0 Å². The summed E-state index contributed by atoms with van der Waals surface area (Å²) in [6, 6.07) is 13.9. The molecule has 0 spiro atoms. The Morgan fingerprint density at radius 2 is 2.00 bits per heavy atom. The van der Waals surface area contributed by atoms with Gasteiger partial charge in [0, 0.05) is 13.1 Å². The number of hydrogen-bond acceptors (Lipinski definition) is 3. The zero-order valence-corrected chi connectivity index (χ0v) is 12.0. The first-order chi connectivity index (χ1) is 10.7. The number of carbonyl (C=O) groups excluding carboxylic acids is 1. The first-order valence-electron chi connectivity index (χ1n) is 7.18. The third-order valence-corrected chi connectivity index (χ3v) is 3.57. The van der Waals surface area contributed by atoms with E-state index in [4.69, 9.17) is 4.74 Å². The fraction of sp³-hybridized carbons (Fsp3) is 0.235. The maximum Gasteiger partial charge on any atom is 0.239 e. The van der Waals surface area contributed by atoms with Crippen molar-refractivity contribution in [2.75, 3.05) is 6.54 Å². The minimum absolute atomic E-state index is 0.0510. The van der Waals surface area contributed by atoms with Gasteiger partial charge in [-0.3, -0.25) is 4.79 Å². The van der Waals surface area contributed by atoms with Gasteiger partial charge in [-0.1, -0.05) is 24.3 Å². The number of hydrogen-bond donors (Lipinski definition) is 2. The number of ether oxygens (including phenoxy) is 1. The zero-order valence-electron chi connectivity index (χ0n) is 12.0. The van der Waals surface area contributed by atoms with Gasteiger partial charge in [0.2, 0.25) is 5.91 Å². The second-order valence-corrected chi connectivity index (χ2v) is 5.24. The molecule has 1 saturated heterocycles. The van der Waals surface area contributed by atoms with Crippen LogP contribution in [0, 0.1) is 5.82 Å². The molecule has 1 aliphatic heterocycles. The predicted molar refractivity (Wildman–Crippen MR) is 80.8 cm³/mol. The van der Waals surface area contributed by atoms with Crippen LogP contribution in [0.4, 0.5) is 4.39 Å². The molecule has 1 heterocycles. The monoisotopic (exact) mass is 300 g/mol. The van der Waals surface area contributed by atoms with E-state index in [1.54, 1.807) is 6.07 Å². The third-order valence-electron chi connectivity index (χ3n) is 3.57. The summed E-state index contributed by atoms with van der Waals surface area (Å²) in [5.41, 5.74) is 1.87. The number of nitrogens with one attached hydrogen (secondary N) is 2. The highest BCUT2D eigenvalue weighted by Gasteiger charge is 2.26. The smallest absolute Gasteiger partial charge is 0.239 e. The lowest BCUT2D eigenvalue weighted by Gasteiger charge is -2.26. The Balaban J connectivity index is 1.49. The summed E-state index contributed by atoms with van der Waals surface area (Å²) in [5.74, 6) is 0.520. The molecule has 3 rings (SSSR count). The SMILES string of the molecule is O=C1NC[C@@H]1NCc1ccc(OCc2cccc(F)c2)cc1. The van der Waals surface area contributed by atoms with Crippen molar-refractivity contribution in [2.24, 2.45) is 0 Å². The van der Waals surface area contributed by atoms with Crippen molar-refractivity contribution in [1.82, 2.24) is 10.6 Å². The van der Waals surface area contributed by atoms with Crippen LogP contribution >= 0.6 is 0 Å². The summed E-state index contributed by atoms with van der Waals surface area (Å²) >= 11 is 0. The summed E-state index contributed by atoms with van der Waals surface area (Å²) in [6.07, 6.45) is 0. The topological polar surface area (TPSA) is 50.4 Å². The Labute approximate surface area is 128 Å². The van der Waals surface area contributed by atoms with E-state index in [1.165, 1.54) is 12.1 Å². The summed E-state index contributed by atoms with van der Waals surface area (Å²) in [7, 11) is 0. The van der Waals surface area contributed by atoms with Gasteiger partial charge >= 0.3 is 0 Å². The van der Waals surface area contributed by atoms with Gasteiger partial charge < -0.3 is 15.4 Å². The van der Waals surface area contributed by atoms with Crippen molar-refractivity contribution >= 4 is 5.91 Å². The van der Waals surface area contributed by atoms with E-state index < -0.39 is 0 Å². The first kappa shape index (κ1) is 14.5. The zero-order chi connectivity index (χ0) is 15.4. The molecule has 2 aromatic rings. The van der Waals surface area contributed by atoms with Crippen molar-refractivity contribution in [3.63, 3.8) is 0 Å². The van der Waals surface area contributed by atoms with Gasteiger partial charge in [-0.25, -0.2) is 4.39 Å². The Kier molecular flexibility index (Phi) is 4.34. The largest absolute Gasteiger partial charge is 0.489 e. The van der Waals surface area contributed by atoms with Crippen LogP contribution in [0.1, 0.15) is 11.1 Å². The molecule has 5 heteroatoms. The fourth-order valence-corrected chi connectivity index (χ4v) is 2.19. The van der Waals surface area contributed by atoms with E-state index in [1.807, 2.05) is 30.3 Å². The van der Waals surface area contributed by atoms with Gasteiger partial charge in [-0.05, 0) is 35.4 Å². The van der Waals surface area contributed by atoms with Crippen LogP contribution in [0.25, 0.3) is 0 Å². The number of amides is 1. The highest BCUT2D eigenvalue weighted by atomic mass is 19.1. The average molecular weight is 300 g/mol. The lowest BCUT2D eigenvalue weighted by Crippen LogP contribution is -2.60. The predicted octanol–water partition coefficient (Wildman–Crippen LogP) is 1.99. The van der Waals surface area contributed by atoms with Gasteiger partial charge in [-0.15, -0.1) is 0 Å². The van der Waals surface area contributed by atoms with Crippen molar-refractivity contribution < 1.29 is 13.9 Å². The molecule has 2 N–H and O–H groups in total. The standard InChI is InChI=1S/C17H17FN2O2/c18-14-3-1-2-13(8-14)11-22-15-6-4-12(5-7-15)9-19-16-10-20-17(16)21/h1-8,16,19H,9-11H2,(H,20,21)/t16-/m0/s1. The summed E-state index contributed by atoms with van der Waals surface area (Å²) < 4.78 is 18.7. The van der Waals surface area contributed by atoms with Crippen molar-refractivity contribution in [3.05, 3.63) is 65.5 Å². The van der Waals surface area contributed by atoms with Crippen LogP contribution in [-0.2, 0) is 17.9 Å². The quantitative estimate of drug-likeness (QED) is 0.802. The van der Waals surface area contributed by atoms with E-state index in [0.29, 0.717) is 19.7 Å². The first-order valence-corrected chi connectivity index (χ1v) is 7.18. The Bertz CT molecular complexity index is 658. The van der Waals surface area contributed by atoms with Gasteiger partial charge in [0.15, 0.2) is 0 Å². The van der Waals surface area contributed by atoms with Crippen molar-refractivity contribution in [1.29, 1.82) is 0 Å². The maximum atomic E-state index is 13.1. The molecule has 0 radical (unpaired) electrons. The maximum absolute atomic E-state index is 13.1. The van der Waals surface area contributed by atoms with Gasteiger partial charge in [0.25, 0.3) is 0 Å². The van der Waals surface area contributed by atoms with E-state index in [0.717, 1.165) is 16.9 Å². The minimum atomic E-state index is -0.262. The number of β-lactam (4-membered cyclic amide) rings is 1. The lowest BCUT2D eigenvalue weighted by molar-refractivity contribution is -0.128. The van der Waals surface area contributed by atoms with E-state index in [2.05, 4.69) is 10.6 Å². The molecule has 1 fully saturated rings. The van der Waals surface area contributed by atoms with Gasteiger partial charge in [0.1, 0.15) is 24.2 Å². The fourth-order valence-electron chi connectivity index (χ4n) is 2.19. The second kappa shape index (κ2) is 6.58. The van der Waals surface area contributed by atoms with Crippen molar-refractivity contribution in [2.45, 2.75) is 19.2 Å².